The van der Waals surface area contributed by atoms with Crippen molar-refractivity contribution in [3.63, 3.8) is 0 Å². The van der Waals surface area contributed by atoms with E-state index in [1.165, 1.54) is 0 Å². The van der Waals surface area contributed by atoms with Gasteiger partial charge in [-0.15, -0.1) is 0 Å². The molecule has 0 atom stereocenters. The molecule has 1 aliphatic heterocycles. The van der Waals surface area contributed by atoms with Gasteiger partial charge in [0.25, 0.3) is 11.1 Å². The molecule has 0 spiro atoms. The molecule has 1 N–H and O–H groups in total. The maximum atomic E-state index is 12.8. The minimum absolute atomic E-state index is 0.224. The molecule has 1 saturated heterocycles. The fourth-order valence-electron chi connectivity index (χ4n) is 2.63. The number of anilines is 1. The highest BCUT2D eigenvalue weighted by Gasteiger charge is 2.36. The van der Waals surface area contributed by atoms with Gasteiger partial charge in [0.1, 0.15) is 0 Å². The number of benzene rings is 2. The summed E-state index contributed by atoms with van der Waals surface area (Å²) in [5, 5.41) is 8.81. The number of hydrogen-bond acceptors (Lipinski definition) is 6. The lowest BCUT2D eigenvalue weighted by Crippen LogP contribution is -2.27. The summed E-state index contributed by atoms with van der Waals surface area (Å²) >= 11 is 10.2. The number of carbonyl (C=O) groups is 3. The van der Waals surface area contributed by atoms with Crippen molar-refractivity contribution in [2.45, 2.75) is 6.92 Å². The van der Waals surface area contributed by atoms with E-state index in [1.807, 2.05) is 0 Å². The summed E-state index contributed by atoms with van der Waals surface area (Å²) in [5.74, 6) is -1.02. The molecule has 0 radical (unpaired) electrons. The molecule has 7 nitrogen and oxygen atoms in total. The highest BCUT2D eigenvalue weighted by Crippen LogP contribution is 2.39. The van der Waals surface area contributed by atoms with E-state index in [9.17, 15) is 14.4 Å². The maximum Gasteiger partial charge on any atom is 0.341 e. The lowest BCUT2D eigenvalue weighted by Gasteiger charge is -2.13. The molecule has 0 bridgehead atoms. The Labute approximate surface area is 189 Å². The Balaban J connectivity index is 1.94. The van der Waals surface area contributed by atoms with Gasteiger partial charge >= 0.3 is 5.97 Å². The standard InChI is InChI=1S/C20H15BrClNO6S/c1-2-28-15-6-11(14(21)9-16(15)29-10-18(24)25)7-17-19(26)23(20(27)30-17)13-5-3-4-12(22)8-13/h3-9H,2,10H2,1H3,(H,24,25)/b17-7+. The van der Waals surface area contributed by atoms with Gasteiger partial charge in [0.05, 0.1) is 17.2 Å². The topological polar surface area (TPSA) is 93.1 Å². The molecule has 10 heteroatoms. The van der Waals surface area contributed by atoms with Crippen molar-refractivity contribution in [1.82, 2.24) is 0 Å². The fourth-order valence-corrected chi connectivity index (χ4v) is 4.08. The molecule has 156 valence electrons. The first-order valence-electron chi connectivity index (χ1n) is 8.64. The number of hydrogen-bond donors (Lipinski definition) is 1. The van der Waals surface area contributed by atoms with E-state index in [4.69, 9.17) is 26.2 Å². The number of ether oxygens (including phenoxy) is 2. The molecule has 30 heavy (non-hydrogen) atoms. The molecule has 0 aromatic heterocycles. The summed E-state index contributed by atoms with van der Waals surface area (Å²) < 4.78 is 11.3. The largest absolute Gasteiger partial charge is 0.490 e. The van der Waals surface area contributed by atoms with Crippen LogP contribution in [0.25, 0.3) is 6.08 Å². The number of nitrogens with zero attached hydrogens (tertiary/aromatic N) is 1. The summed E-state index contributed by atoms with van der Waals surface area (Å²) in [6.07, 6.45) is 1.56. The third kappa shape index (κ3) is 4.97. The van der Waals surface area contributed by atoms with Crippen LogP contribution in [0, 0.1) is 0 Å². The van der Waals surface area contributed by atoms with E-state index in [2.05, 4.69) is 15.9 Å². The monoisotopic (exact) mass is 511 g/mol. The van der Waals surface area contributed by atoms with E-state index < -0.39 is 23.7 Å². The predicted molar refractivity (Wildman–Crippen MR) is 118 cm³/mol. The number of rotatable bonds is 7. The number of imide groups is 1. The molecular formula is C20H15BrClNO6S. The summed E-state index contributed by atoms with van der Waals surface area (Å²) in [4.78, 5) is 37.3. The number of carboxylic acid groups (broad SMARTS) is 1. The molecular weight excluding hydrogens is 498 g/mol. The number of amides is 2. The van der Waals surface area contributed by atoms with E-state index in [0.717, 1.165) is 16.7 Å². The van der Waals surface area contributed by atoms with Crippen LogP contribution in [0.5, 0.6) is 11.5 Å². The molecule has 3 rings (SSSR count). The van der Waals surface area contributed by atoms with Crippen LogP contribution < -0.4 is 14.4 Å². The molecule has 0 saturated carbocycles. The number of aliphatic carboxylic acids is 1. The van der Waals surface area contributed by atoms with Crippen molar-refractivity contribution in [3.05, 3.63) is 56.4 Å². The summed E-state index contributed by atoms with van der Waals surface area (Å²) in [6, 6.07) is 9.65. The van der Waals surface area contributed by atoms with Gasteiger partial charge < -0.3 is 14.6 Å². The molecule has 1 heterocycles. The smallest absolute Gasteiger partial charge is 0.341 e. The number of thioether (sulfide) groups is 1. The molecule has 1 fully saturated rings. The van der Waals surface area contributed by atoms with Gasteiger partial charge in [-0.3, -0.25) is 9.59 Å². The Morgan fingerprint density at radius 3 is 2.63 bits per heavy atom. The molecule has 2 aromatic carbocycles. The van der Waals surface area contributed by atoms with Crippen LogP contribution in [0.1, 0.15) is 12.5 Å². The Bertz CT molecular complexity index is 1060. The van der Waals surface area contributed by atoms with Gasteiger partial charge in [0.15, 0.2) is 18.1 Å². The van der Waals surface area contributed by atoms with Gasteiger partial charge in [-0.2, -0.15) is 0 Å². The molecule has 0 unspecified atom stereocenters. The van der Waals surface area contributed by atoms with Gasteiger partial charge in [-0.25, -0.2) is 9.69 Å². The molecule has 2 aromatic rings. The highest BCUT2D eigenvalue weighted by atomic mass is 79.9. The Kier molecular flexibility index (Phi) is 7.06. The molecule has 1 aliphatic rings. The number of carboxylic acids is 1. The second-order valence-electron chi connectivity index (χ2n) is 5.93. The second kappa shape index (κ2) is 9.55. The lowest BCUT2D eigenvalue weighted by molar-refractivity contribution is -0.139. The Morgan fingerprint density at radius 2 is 1.97 bits per heavy atom. The normalized spacial score (nSPS) is 15.0. The zero-order valence-corrected chi connectivity index (χ0v) is 18.7. The molecule has 2 amide bonds. The third-order valence-electron chi connectivity index (χ3n) is 3.86. The zero-order chi connectivity index (χ0) is 21.8. The van der Waals surface area contributed by atoms with Gasteiger partial charge in [0, 0.05) is 9.50 Å². The fraction of sp³-hybridized carbons (Fsp3) is 0.150. The van der Waals surface area contributed by atoms with Gasteiger partial charge in [-0.05, 0) is 60.7 Å². The third-order valence-corrected chi connectivity index (χ3v) is 5.65. The van der Waals surface area contributed by atoms with Crippen molar-refractivity contribution in [3.8, 4) is 11.5 Å². The average Bonchev–Trinajstić information content (AvgIpc) is 2.96. The molecule has 0 aliphatic carbocycles. The predicted octanol–water partition coefficient (Wildman–Crippen LogP) is 5.21. The number of halogens is 2. The zero-order valence-electron chi connectivity index (χ0n) is 15.6. The van der Waals surface area contributed by atoms with Crippen molar-refractivity contribution >= 4 is 68.2 Å². The van der Waals surface area contributed by atoms with Crippen LogP contribution in [0.4, 0.5) is 10.5 Å². The minimum Gasteiger partial charge on any atom is -0.490 e. The van der Waals surface area contributed by atoms with Crippen molar-refractivity contribution < 1.29 is 29.0 Å². The van der Waals surface area contributed by atoms with Crippen LogP contribution in [-0.2, 0) is 9.59 Å². The van der Waals surface area contributed by atoms with Crippen LogP contribution in [-0.4, -0.2) is 35.4 Å². The van der Waals surface area contributed by atoms with Crippen LogP contribution in [0.15, 0.2) is 45.8 Å². The Hall–Kier alpha value is -2.49. The van der Waals surface area contributed by atoms with E-state index in [0.29, 0.717) is 33.1 Å². The SMILES string of the molecule is CCOc1cc(/C=C2/SC(=O)N(c3cccc(Cl)c3)C2=O)c(Br)cc1OCC(=O)O. The van der Waals surface area contributed by atoms with Crippen LogP contribution in [0.3, 0.4) is 0 Å². The van der Waals surface area contributed by atoms with Crippen molar-refractivity contribution in [2.24, 2.45) is 0 Å². The van der Waals surface area contributed by atoms with Crippen molar-refractivity contribution in [2.75, 3.05) is 18.1 Å². The Morgan fingerprint density at radius 1 is 1.23 bits per heavy atom. The van der Waals surface area contributed by atoms with Crippen LogP contribution in [0.2, 0.25) is 5.02 Å². The van der Waals surface area contributed by atoms with E-state index >= 15 is 0 Å². The minimum atomic E-state index is -1.12. The van der Waals surface area contributed by atoms with E-state index in [-0.39, 0.29) is 10.7 Å². The summed E-state index contributed by atoms with van der Waals surface area (Å²) in [7, 11) is 0. The maximum absolute atomic E-state index is 12.8. The first-order chi connectivity index (χ1) is 14.3. The lowest BCUT2D eigenvalue weighted by atomic mass is 10.1. The summed E-state index contributed by atoms with van der Waals surface area (Å²) in [5.41, 5.74) is 0.956. The van der Waals surface area contributed by atoms with Crippen molar-refractivity contribution in [1.29, 1.82) is 0 Å². The van der Waals surface area contributed by atoms with Crippen LogP contribution >= 0.6 is 39.3 Å². The van der Waals surface area contributed by atoms with Gasteiger partial charge in [0.2, 0.25) is 0 Å². The number of carbonyl (C=O) groups excluding carboxylic acids is 2. The quantitative estimate of drug-likeness (QED) is 0.509. The first kappa shape index (κ1) is 22.2. The highest BCUT2D eigenvalue weighted by molar-refractivity contribution is 9.10. The first-order valence-corrected chi connectivity index (χ1v) is 10.6. The second-order valence-corrected chi connectivity index (χ2v) is 8.22. The average molecular weight is 513 g/mol. The van der Waals surface area contributed by atoms with Gasteiger partial charge in [-0.1, -0.05) is 33.6 Å². The van der Waals surface area contributed by atoms with E-state index in [1.54, 1.807) is 49.4 Å². The summed E-state index contributed by atoms with van der Waals surface area (Å²) in [6.45, 7) is 1.58.